The van der Waals surface area contributed by atoms with Gasteiger partial charge in [0.25, 0.3) is 0 Å². The van der Waals surface area contributed by atoms with E-state index in [2.05, 4.69) is 30.6 Å². The van der Waals surface area contributed by atoms with Gasteiger partial charge in [-0.05, 0) is 24.3 Å². The second-order valence-electron chi connectivity index (χ2n) is 5.84. The highest BCUT2D eigenvalue weighted by Gasteiger charge is 2.09. The van der Waals surface area contributed by atoms with E-state index in [0.717, 1.165) is 16.9 Å². The van der Waals surface area contributed by atoms with Crippen LogP contribution < -0.4 is 10.6 Å². The highest BCUT2D eigenvalue weighted by molar-refractivity contribution is 5.60. The van der Waals surface area contributed by atoms with Crippen LogP contribution in [0.5, 0.6) is 0 Å². The van der Waals surface area contributed by atoms with Crippen molar-refractivity contribution in [1.82, 2.24) is 19.9 Å². The number of para-hydroxylation sites is 1. The molecule has 2 heterocycles. The maximum Gasteiger partial charge on any atom is 0.232 e. The molecule has 6 heteroatoms. The highest BCUT2D eigenvalue weighted by atomic mass is 15.2. The molecule has 0 amide bonds. The monoisotopic (exact) mass is 354 g/mol. The molecule has 0 saturated heterocycles. The molecule has 0 fully saturated rings. The average molecular weight is 354 g/mol. The van der Waals surface area contributed by atoms with Crippen LogP contribution in [0.1, 0.15) is 5.69 Å². The number of pyridine rings is 1. The lowest BCUT2D eigenvalue weighted by Crippen LogP contribution is -2.09. The first-order valence-corrected chi connectivity index (χ1v) is 8.64. The maximum atomic E-state index is 4.56. The van der Waals surface area contributed by atoms with Crippen LogP contribution >= 0.6 is 0 Å². The van der Waals surface area contributed by atoms with Gasteiger partial charge in [0.2, 0.25) is 11.9 Å². The second-order valence-corrected chi connectivity index (χ2v) is 5.84. The summed E-state index contributed by atoms with van der Waals surface area (Å²) in [5.74, 6) is 1.58. The van der Waals surface area contributed by atoms with Gasteiger partial charge in [0.15, 0.2) is 5.82 Å². The molecule has 0 unspecified atom stereocenters. The predicted octanol–water partition coefficient (Wildman–Crippen LogP) is 4.29. The molecule has 6 nitrogen and oxygen atoms in total. The summed E-state index contributed by atoms with van der Waals surface area (Å²) in [5, 5.41) is 6.47. The number of nitrogens with zero attached hydrogens (tertiary/aromatic N) is 4. The Morgan fingerprint density at radius 1 is 0.667 bits per heavy atom. The van der Waals surface area contributed by atoms with Gasteiger partial charge in [-0.1, -0.05) is 54.6 Å². The van der Waals surface area contributed by atoms with Crippen LogP contribution in [-0.4, -0.2) is 19.9 Å². The Kier molecular flexibility index (Phi) is 4.97. The van der Waals surface area contributed by atoms with Crippen LogP contribution in [-0.2, 0) is 6.54 Å². The SMILES string of the molecule is c1ccc(Nc2nc(NCc3ccccn3)nc(-c3ccccc3)n2)cc1. The zero-order chi connectivity index (χ0) is 18.3. The molecule has 0 aliphatic rings. The molecule has 2 aromatic heterocycles. The third-order valence-electron chi connectivity index (χ3n) is 3.85. The molecule has 0 radical (unpaired) electrons. The fourth-order valence-electron chi connectivity index (χ4n) is 2.55. The van der Waals surface area contributed by atoms with Crippen molar-refractivity contribution >= 4 is 17.6 Å². The summed E-state index contributed by atoms with van der Waals surface area (Å²) in [6, 6.07) is 25.5. The van der Waals surface area contributed by atoms with E-state index in [1.165, 1.54) is 0 Å². The van der Waals surface area contributed by atoms with E-state index in [9.17, 15) is 0 Å². The van der Waals surface area contributed by atoms with Gasteiger partial charge in [-0.25, -0.2) is 0 Å². The Morgan fingerprint density at radius 3 is 2.11 bits per heavy atom. The van der Waals surface area contributed by atoms with E-state index in [4.69, 9.17) is 0 Å². The summed E-state index contributed by atoms with van der Waals surface area (Å²) in [7, 11) is 0. The Balaban J connectivity index is 1.63. The smallest absolute Gasteiger partial charge is 0.232 e. The van der Waals surface area contributed by atoms with Gasteiger partial charge in [0, 0.05) is 17.4 Å². The normalized spacial score (nSPS) is 10.4. The summed E-state index contributed by atoms with van der Waals surface area (Å²) in [5.41, 5.74) is 2.76. The first-order chi connectivity index (χ1) is 13.4. The van der Waals surface area contributed by atoms with E-state index < -0.39 is 0 Å². The molecular formula is C21H18N6. The first kappa shape index (κ1) is 16.7. The number of hydrogen-bond acceptors (Lipinski definition) is 6. The quantitative estimate of drug-likeness (QED) is 0.538. The van der Waals surface area contributed by atoms with Crippen molar-refractivity contribution < 1.29 is 0 Å². The maximum absolute atomic E-state index is 4.56. The molecule has 0 spiro atoms. The third-order valence-corrected chi connectivity index (χ3v) is 3.85. The van der Waals surface area contributed by atoms with Crippen molar-refractivity contribution in [3.05, 3.63) is 90.8 Å². The van der Waals surface area contributed by atoms with Crippen molar-refractivity contribution in [2.75, 3.05) is 10.6 Å². The summed E-state index contributed by atoms with van der Waals surface area (Å²) in [6.07, 6.45) is 1.77. The van der Waals surface area contributed by atoms with Crippen LogP contribution in [0, 0.1) is 0 Å². The number of hydrogen-bond donors (Lipinski definition) is 2. The van der Waals surface area contributed by atoms with E-state index >= 15 is 0 Å². The molecule has 4 rings (SSSR count). The van der Waals surface area contributed by atoms with Gasteiger partial charge >= 0.3 is 0 Å². The lowest BCUT2D eigenvalue weighted by Gasteiger charge is -2.10. The summed E-state index contributed by atoms with van der Waals surface area (Å²) in [6.45, 7) is 0.532. The standard InChI is InChI=1S/C21H18N6/c1-3-9-16(10-4-1)19-25-20(23-15-18-13-7-8-14-22-18)27-21(26-19)24-17-11-5-2-6-12-17/h1-14H,15H2,(H2,23,24,25,26,27). The van der Waals surface area contributed by atoms with Crippen molar-refractivity contribution in [3.8, 4) is 11.4 Å². The average Bonchev–Trinajstić information content (AvgIpc) is 2.74. The molecule has 0 bridgehead atoms. The van der Waals surface area contributed by atoms with E-state index in [0.29, 0.717) is 24.3 Å². The second kappa shape index (κ2) is 8.05. The van der Waals surface area contributed by atoms with Gasteiger partial charge in [-0.3, -0.25) is 4.98 Å². The number of benzene rings is 2. The van der Waals surface area contributed by atoms with Gasteiger partial charge in [0.05, 0.1) is 12.2 Å². The molecule has 2 aromatic carbocycles. The van der Waals surface area contributed by atoms with E-state index in [-0.39, 0.29) is 0 Å². The topological polar surface area (TPSA) is 75.6 Å². The first-order valence-electron chi connectivity index (χ1n) is 8.64. The van der Waals surface area contributed by atoms with Crippen LogP contribution in [0.4, 0.5) is 17.6 Å². The fraction of sp³-hybridized carbons (Fsp3) is 0.0476. The minimum atomic E-state index is 0.485. The van der Waals surface area contributed by atoms with Gasteiger partial charge in [-0.2, -0.15) is 15.0 Å². The fourth-order valence-corrected chi connectivity index (χ4v) is 2.55. The van der Waals surface area contributed by atoms with Crippen LogP contribution in [0.3, 0.4) is 0 Å². The molecular weight excluding hydrogens is 336 g/mol. The van der Waals surface area contributed by atoms with Crippen LogP contribution in [0.2, 0.25) is 0 Å². The molecule has 0 atom stereocenters. The number of anilines is 3. The Hall–Kier alpha value is -3.80. The number of aromatic nitrogens is 4. The Labute approximate surface area is 157 Å². The molecule has 27 heavy (non-hydrogen) atoms. The van der Waals surface area contributed by atoms with E-state index in [1.807, 2.05) is 78.9 Å². The van der Waals surface area contributed by atoms with Crippen molar-refractivity contribution in [1.29, 1.82) is 0 Å². The highest BCUT2D eigenvalue weighted by Crippen LogP contribution is 2.20. The number of rotatable bonds is 6. The minimum absolute atomic E-state index is 0.485. The zero-order valence-corrected chi connectivity index (χ0v) is 14.6. The zero-order valence-electron chi connectivity index (χ0n) is 14.6. The predicted molar refractivity (Wildman–Crippen MR) is 107 cm³/mol. The molecule has 0 aliphatic carbocycles. The Morgan fingerprint density at radius 2 is 1.37 bits per heavy atom. The largest absolute Gasteiger partial charge is 0.348 e. The van der Waals surface area contributed by atoms with Gasteiger partial charge < -0.3 is 10.6 Å². The molecule has 0 saturated carbocycles. The van der Waals surface area contributed by atoms with Gasteiger partial charge in [0.1, 0.15) is 0 Å². The van der Waals surface area contributed by atoms with Crippen LogP contribution in [0.25, 0.3) is 11.4 Å². The molecule has 0 aliphatic heterocycles. The summed E-state index contributed by atoms with van der Waals surface area (Å²) in [4.78, 5) is 17.9. The molecule has 2 N–H and O–H groups in total. The minimum Gasteiger partial charge on any atom is -0.348 e. The van der Waals surface area contributed by atoms with Crippen molar-refractivity contribution in [3.63, 3.8) is 0 Å². The lowest BCUT2D eigenvalue weighted by atomic mass is 10.2. The van der Waals surface area contributed by atoms with Crippen molar-refractivity contribution in [2.24, 2.45) is 0 Å². The lowest BCUT2D eigenvalue weighted by molar-refractivity contribution is 0.981. The summed E-state index contributed by atoms with van der Waals surface area (Å²) >= 11 is 0. The Bertz CT molecular complexity index is 991. The van der Waals surface area contributed by atoms with Crippen LogP contribution in [0.15, 0.2) is 85.1 Å². The molecule has 132 valence electrons. The molecule has 4 aromatic rings. The third kappa shape index (κ3) is 4.43. The van der Waals surface area contributed by atoms with Crippen molar-refractivity contribution in [2.45, 2.75) is 6.54 Å². The summed E-state index contributed by atoms with van der Waals surface area (Å²) < 4.78 is 0. The van der Waals surface area contributed by atoms with Gasteiger partial charge in [-0.15, -0.1) is 0 Å². The number of nitrogens with one attached hydrogen (secondary N) is 2. The van der Waals surface area contributed by atoms with E-state index in [1.54, 1.807) is 6.20 Å².